The minimum Gasteiger partial charge on any atom is -0.369 e. The average molecular weight is 588 g/mol. The molecule has 226 valence electrons. The van der Waals surface area contributed by atoms with Gasteiger partial charge in [0.2, 0.25) is 0 Å². The summed E-state index contributed by atoms with van der Waals surface area (Å²) in [6.45, 7) is 16.0. The molecule has 0 atom stereocenters. The minimum absolute atomic E-state index is 0.186. The van der Waals surface area contributed by atoms with Crippen molar-refractivity contribution in [1.29, 1.82) is 0 Å². The first kappa shape index (κ1) is 29.4. The number of carbonyl (C=O) groups excluding carboxylic acids is 1. The first-order chi connectivity index (χ1) is 21.2. The van der Waals surface area contributed by atoms with Gasteiger partial charge in [-0.05, 0) is 74.7 Å². The van der Waals surface area contributed by atoms with E-state index in [0.29, 0.717) is 5.57 Å². The van der Waals surface area contributed by atoms with Crippen molar-refractivity contribution >= 4 is 28.3 Å². The van der Waals surface area contributed by atoms with Gasteiger partial charge in [0, 0.05) is 84.1 Å². The molecule has 1 amide bonds. The highest BCUT2D eigenvalue weighted by molar-refractivity contribution is 6.08. The number of fused-ring (bicyclic) bond motifs is 1. The fraction of sp³-hybridized carbons (Fsp3) is 0.306. The van der Waals surface area contributed by atoms with E-state index < -0.39 is 0 Å². The molecular weight excluding hydrogens is 546 g/mol. The van der Waals surface area contributed by atoms with Gasteiger partial charge in [0.15, 0.2) is 0 Å². The number of carbonyl (C=O) groups is 1. The van der Waals surface area contributed by atoms with Gasteiger partial charge in [-0.3, -0.25) is 9.48 Å². The van der Waals surface area contributed by atoms with Crippen LogP contribution in [0, 0.1) is 13.8 Å². The van der Waals surface area contributed by atoms with Crippen LogP contribution in [0.3, 0.4) is 0 Å². The zero-order valence-electron chi connectivity index (χ0n) is 26.6. The van der Waals surface area contributed by atoms with Gasteiger partial charge >= 0.3 is 0 Å². The van der Waals surface area contributed by atoms with Crippen molar-refractivity contribution in [2.45, 2.75) is 34.1 Å². The van der Waals surface area contributed by atoms with Crippen LogP contribution in [0.5, 0.6) is 0 Å². The normalized spacial score (nSPS) is 13.9. The zero-order valence-corrected chi connectivity index (χ0v) is 26.6. The second kappa shape index (κ2) is 11.8. The Hall–Kier alpha value is -4.69. The molecule has 8 heteroatoms. The van der Waals surface area contributed by atoms with E-state index in [-0.39, 0.29) is 5.91 Å². The third-order valence-corrected chi connectivity index (χ3v) is 9.00. The van der Waals surface area contributed by atoms with E-state index in [1.807, 2.05) is 31.0 Å². The molecule has 1 fully saturated rings. The first-order valence-electron chi connectivity index (χ1n) is 15.3. The Labute approximate surface area is 259 Å². The van der Waals surface area contributed by atoms with Crippen LogP contribution in [-0.4, -0.2) is 63.8 Å². The van der Waals surface area contributed by atoms with Crippen LogP contribution >= 0.6 is 0 Å². The zero-order chi connectivity index (χ0) is 31.1. The average Bonchev–Trinajstić information content (AvgIpc) is 3.57. The lowest BCUT2D eigenvalue weighted by Gasteiger charge is -2.34. The molecule has 0 saturated carbocycles. The largest absolute Gasteiger partial charge is 0.369 e. The number of aromatic nitrogens is 4. The quantitative estimate of drug-likeness (QED) is 0.206. The number of benzene rings is 2. The fourth-order valence-electron chi connectivity index (χ4n) is 6.13. The molecule has 44 heavy (non-hydrogen) atoms. The maximum absolute atomic E-state index is 12.6. The Kier molecular flexibility index (Phi) is 7.86. The van der Waals surface area contributed by atoms with Crippen LogP contribution in [0.4, 0.5) is 11.4 Å². The topological polar surface area (TPSA) is 82.1 Å². The molecule has 0 spiro atoms. The fourth-order valence-corrected chi connectivity index (χ4v) is 6.13. The number of piperazine rings is 1. The van der Waals surface area contributed by atoms with Crippen molar-refractivity contribution < 1.29 is 4.79 Å². The standard InChI is InChI=1S/C36H41N7O/c1-8-28-30(29-21-38-42(7)24(29)5)20-37-35-33(28)32(26-10-9-23(4)31(19-26)39-36(44)22(2)3)34(40-35)25-11-13-27(14-12-25)43-17-15-41(6)16-18-43/h9-14,19-21H,2,8,15-18H2,1,3-7H3,(H,37,40)(H,39,44). The molecule has 0 unspecified atom stereocenters. The minimum atomic E-state index is -0.186. The predicted molar refractivity (Wildman–Crippen MR) is 181 cm³/mol. The number of amides is 1. The van der Waals surface area contributed by atoms with Crippen LogP contribution in [0.15, 0.2) is 67.0 Å². The summed E-state index contributed by atoms with van der Waals surface area (Å²) in [5.41, 5.74) is 13.0. The number of anilines is 2. The molecule has 8 nitrogen and oxygen atoms in total. The van der Waals surface area contributed by atoms with E-state index in [1.165, 1.54) is 11.3 Å². The molecule has 0 radical (unpaired) electrons. The molecule has 1 aliphatic rings. The second-order valence-electron chi connectivity index (χ2n) is 12.0. The molecule has 1 aliphatic heterocycles. The van der Waals surface area contributed by atoms with Gasteiger partial charge in [-0.15, -0.1) is 0 Å². The highest BCUT2D eigenvalue weighted by atomic mass is 16.1. The van der Waals surface area contributed by atoms with Gasteiger partial charge in [0.1, 0.15) is 5.65 Å². The third kappa shape index (κ3) is 5.30. The first-order valence-corrected chi connectivity index (χ1v) is 15.3. The number of aryl methyl sites for hydroxylation is 3. The summed E-state index contributed by atoms with van der Waals surface area (Å²) in [6.07, 6.45) is 4.72. The van der Waals surface area contributed by atoms with E-state index in [0.717, 1.165) is 94.1 Å². The van der Waals surface area contributed by atoms with Crippen molar-refractivity contribution in [2.24, 2.45) is 7.05 Å². The van der Waals surface area contributed by atoms with Crippen LogP contribution < -0.4 is 10.2 Å². The summed E-state index contributed by atoms with van der Waals surface area (Å²) in [7, 11) is 4.15. The molecular formula is C36H41N7O. The Balaban J connectivity index is 1.55. The van der Waals surface area contributed by atoms with Crippen molar-refractivity contribution in [3.63, 3.8) is 0 Å². The Morgan fingerprint density at radius 3 is 2.32 bits per heavy atom. The number of rotatable bonds is 7. The third-order valence-electron chi connectivity index (χ3n) is 9.00. The summed E-state index contributed by atoms with van der Waals surface area (Å²) in [6, 6.07) is 15.1. The lowest BCUT2D eigenvalue weighted by Crippen LogP contribution is -2.44. The number of pyridine rings is 1. The molecule has 0 bridgehead atoms. The van der Waals surface area contributed by atoms with Gasteiger partial charge in [-0.2, -0.15) is 5.10 Å². The van der Waals surface area contributed by atoms with E-state index in [2.05, 4.69) is 95.1 Å². The summed E-state index contributed by atoms with van der Waals surface area (Å²) in [5, 5.41) is 8.67. The molecule has 6 rings (SSSR count). The molecule has 4 heterocycles. The number of nitrogens with one attached hydrogen (secondary N) is 2. The molecule has 2 aromatic carbocycles. The van der Waals surface area contributed by atoms with Crippen molar-refractivity contribution in [2.75, 3.05) is 43.4 Å². The highest BCUT2D eigenvalue weighted by Gasteiger charge is 2.23. The number of nitrogens with zero attached hydrogens (tertiary/aromatic N) is 5. The second-order valence-corrected chi connectivity index (χ2v) is 12.0. The van der Waals surface area contributed by atoms with Crippen LogP contribution in [0.25, 0.3) is 44.5 Å². The summed E-state index contributed by atoms with van der Waals surface area (Å²) >= 11 is 0. The van der Waals surface area contributed by atoms with Gasteiger partial charge in [-0.1, -0.05) is 37.8 Å². The smallest absolute Gasteiger partial charge is 0.250 e. The number of aromatic amines is 1. The van der Waals surface area contributed by atoms with Gasteiger partial charge in [0.05, 0.1) is 11.9 Å². The van der Waals surface area contributed by atoms with E-state index in [9.17, 15) is 4.79 Å². The molecule has 3 aromatic heterocycles. The number of hydrogen-bond acceptors (Lipinski definition) is 5. The van der Waals surface area contributed by atoms with Gasteiger partial charge in [-0.25, -0.2) is 4.98 Å². The monoisotopic (exact) mass is 587 g/mol. The van der Waals surface area contributed by atoms with Crippen molar-refractivity contribution in [1.82, 2.24) is 24.6 Å². The number of H-pyrrole nitrogens is 1. The maximum Gasteiger partial charge on any atom is 0.250 e. The Morgan fingerprint density at radius 1 is 0.977 bits per heavy atom. The lowest BCUT2D eigenvalue weighted by molar-refractivity contribution is -0.112. The lowest BCUT2D eigenvalue weighted by atomic mass is 9.91. The number of hydrogen-bond donors (Lipinski definition) is 2. The predicted octanol–water partition coefficient (Wildman–Crippen LogP) is 6.74. The summed E-state index contributed by atoms with van der Waals surface area (Å²) in [4.78, 5) is 26.1. The Bertz CT molecular complexity index is 1870. The molecule has 1 saturated heterocycles. The SMILES string of the molecule is C=C(C)C(=O)Nc1cc(-c2c(-c3ccc(N4CCN(C)CC4)cc3)[nH]c3ncc(-c4cnn(C)c4C)c(CC)c23)ccc1C. The molecule has 5 aromatic rings. The maximum atomic E-state index is 12.6. The van der Waals surface area contributed by atoms with E-state index >= 15 is 0 Å². The summed E-state index contributed by atoms with van der Waals surface area (Å²) in [5.74, 6) is -0.186. The Morgan fingerprint density at radius 2 is 1.68 bits per heavy atom. The van der Waals surface area contributed by atoms with Crippen molar-refractivity contribution in [3.05, 3.63) is 83.8 Å². The highest BCUT2D eigenvalue weighted by Crippen LogP contribution is 2.43. The van der Waals surface area contributed by atoms with Crippen LogP contribution in [-0.2, 0) is 18.3 Å². The molecule has 0 aliphatic carbocycles. The van der Waals surface area contributed by atoms with Gasteiger partial charge in [0.25, 0.3) is 5.91 Å². The van der Waals surface area contributed by atoms with Crippen LogP contribution in [0.2, 0.25) is 0 Å². The van der Waals surface area contributed by atoms with Crippen LogP contribution in [0.1, 0.15) is 30.7 Å². The van der Waals surface area contributed by atoms with E-state index in [4.69, 9.17) is 4.98 Å². The van der Waals surface area contributed by atoms with Gasteiger partial charge < -0.3 is 20.1 Å². The number of likely N-dealkylation sites (N-methyl/N-ethyl adjacent to an activating group) is 1. The van der Waals surface area contributed by atoms with E-state index in [1.54, 1.807) is 6.92 Å². The van der Waals surface area contributed by atoms with Crippen molar-refractivity contribution in [3.8, 4) is 33.5 Å². The summed E-state index contributed by atoms with van der Waals surface area (Å²) < 4.78 is 1.90. The molecule has 2 N–H and O–H groups in total.